The highest BCUT2D eigenvalue weighted by Crippen LogP contribution is 2.35. The molecule has 0 amide bonds. The molecule has 0 spiro atoms. The predicted octanol–water partition coefficient (Wildman–Crippen LogP) is 2.04. The first-order valence-corrected chi connectivity index (χ1v) is 5.82. The van der Waals surface area contributed by atoms with Gasteiger partial charge in [-0.15, -0.1) is 0 Å². The van der Waals surface area contributed by atoms with Crippen molar-refractivity contribution in [2.75, 3.05) is 14.2 Å². The summed E-state index contributed by atoms with van der Waals surface area (Å²) >= 11 is 0. The van der Waals surface area contributed by atoms with Gasteiger partial charge in [0.2, 0.25) is 0 Å². The fraction of sp³-hybridized carbons (Fsp3) is 1.00. The lowest BCUT2D eigenvalue weighted by Crippen LogP contribution is -2.39. The minimum atomic E-state index is -0.495. The largest absolute Gasteiger partial charge is 0.388 e. The van der Waals surface area contributed by atoms with Crippen molar-refractivity contribution in [3.8, 4) is 0 Å². The number of ether oxygens (including phenoxy) is 2. The maximum Gasteiger partial charge on any atom is 0.182 e. The van der Waals surface area contributed by atoms with Gasteiger partial charge in [-0.25, -0.2) is 0 Å². The fourth-order valence-electron chi connectivity index (χ4n) is 2.89. The molecule has 0 aromatic carbocycles. The van der Waals surface area contributed by atoms with Crippen molar-refractivity contribution in [3.05, 3.63) is 0 Å². The van der Waals surface area contributed by atoms with Crippen molar-refractivity contribution in [3.63, 3.8) is 0 Å². The lowest BCUT2D eigenvalue weighted by atomic mass is 9.74. The Balaban J connectivity index is 2.53. The van der Waals surface area contributed by atoms with Gasteiger partial charge >= 0.3 is 0 Å². The monoisotopic (exact) mass is 216 g/mol. The van der Waals surface area contributed by atoms with Crippen LogP contribution in [-0.4, -0.2) is 31.7 Å². The van der Waals surface area contributed by atoms with E-state index < -0.39 is 12.4 Å². The number of methoxy groups -OCH3 is 2. The maximum atomic E-state index is 10.1. The fourth-order valence-corrected chi connectivity index (χ4v) is 2.89. The third kappa shape index (κ3) is 3.44. The molecular formula is C12H24O3. The van der Waals surface area contributed by atoms with Crippen molar-refractivity contribution < 1.29 is 14.6 Å². The molecule has 1 aliphatic carbocycles. The summed E-state index contributed by atoms with van der Waals surface area (Å²) < 4.78 is 10.2. The van der Waals surface area contributed by atoms with Gasteiger partial charge < -0.3 is 14.6 Å². The van der Waals surface area contributed by atoms with E-state index in [0.29, 0.717) is 17.8 Å². The van der Waals surface area contributed by atoms with Crippen LogP contribution < -0.4 is 0 Å². The minimum absolute atomic E-state index is 0.314. The van der Waals surface area contributed by atoms with E-state index in [2.05, 4.69) is 13.8 Å². The molecule has 1 saturated carbocycles. The zero-order chi connectivity index (χ0) is 11.4. The van der Waals surface area contributed by atoms with Crippen LogP contribution in [0, 0.1) is 17.8 Å². The zero-order valence-corrected chi connectivity index (χ0v) is 10.3. The molecule has 1 N–H and O–H groups in total. The molecule has 0 heterocycles. The van der Waals surface area contributed by atoms with Gasteiger partial charge in [-0.2, -0.15) is 0 Å². The summed E-state index contributed by atoms with van der Waals surface area (Å²) in [6.45, 7) is 4.51. The van der Waals surface area contributed by atoms with Crippen LogP contribution in [0.25, 0.3) is 0 Å². The molecule has 0 aliphatic heterocycles. The number of aliphatic hydroxyl groups excluding tert-OH is 1. The van der Waals surface area contributed by atoms with Crippen molar-refractivity contribution in [1.29, 1.82) is 0 Å². The Morgan fingerprint density at radius 3 is 1.87 bits per heavy atom. The summed E-state index contributed by atoms with van der Waals surface area (Å²) in [5.41, 5.74) is 0. The van der Waals surface area contributed by atoms with E-state index in [0.717, 1.165) is 12.8 Å². The molecule has 1 rings (SSSR count). The Bertz CT molecular complexity index is 170. The standard InChI is InChI=1S/C12H24O3/c1-8-5-9(2)7-10(6-8)11(13)12(14-3)15-4/h8-13H,5-7H2,1-4H3. The Labute approximate surface area is 92.8 Å². The quantitative estimate of drug-likeness (QED) is 0.731. The van der Waals surface area contributed by atoms with Gasteiger partial charge in [0.25, 0.3) is 0 Å². The van der Waals surface area contributed by atoms with E-state index >= 15 is 0 Å². The van der Waals surface area contributed by atoms with E-state index in [1.54, 1.807) is 14.2 Å². The third-order valence-electron chi connectivity index (χ3n) is 3.44. The van der Waals surface area contributed by atoms with Crippen LogP contribution in [-0.2, 0) is 9.47 Å². The highest BCUT2D eigenvalue weighted by atomic mass is 16.7. The second-order valence-corrected chi connectivity index (χ2v) is 5.01. The lowest BCUT2D eigenvalue weighted by Gasteiger charge is -2.36. The van der Waals surface area contributed by atoms with Gasteiger partial charge in [-0.3, -0.25) is 0 Å². The van der Waals surface area contributed by atoms with E-state index in [1.165, 1.54) is 6.42 Å². The van der Waals surface area contributed by atoms with Gasteiger partial charge in [0.1, 0.15) is 6.10 Å². The Kier molecular flexibility index (Phi) is 5.03. The summed E-state index contributed by atoms with van der Waals surface area (Å²) in [5.74, 6) is 1.71. The molecular weight excluding hydrogens is 192 g/mol. The topological polar surface area (TPSA) is 38.7 Å². The second-order valence-electron chi connectivity index (χ2n) is 5.01. The first-order valence-electron chi connectivity index (χ1n) is 5.82. The molecule has 0 aromatic rings. The molecule has 90 valence electrons. The maximum absolute atomic E-state index is 10.1. The lowest BCUT2D eigenvalue weighted by molar-refractivity contribution is -0.184. The normalized spacial score (nSPS) is 34.4. The smallest absolute Gasteiger partial charge is 0.182 e. The van der Waals surface area contributed by atoms with E-state index in [4.69, 9.17) is 9.47 Å². The van der Waals surface area contributed by atoms with Crippen LogP contribution in [0.4, 0.5) is 0 Å². The first kappa shape index (κ1) is 12.9. The Morgan fingerprint density at radius 1 is 1.00 bits per heavy atom. The van der Waals surface area contributed by atoms with Gasteiger partial charge in [-0.1, -0.05) is 13.8 Å². The van der Waals surface area contributed by atoms with Crippen LogP contribution in [0.15, 0.2) is 0 Å². The summed E-state index contributed by atoms with van der Waals surface area (Å²) in [4.78, 5) is 0. The van der Waals surface area contributed by atoms with Crippen LogP contribution in [0.1, 0.15) is 33.1 Å². The van der Waals surface area contributed by atoms with Gasteiger partial charge in [0.05, 0.1) is 0 Å². The summed E-state index contributed by atoms with van der Waals surface area (Å²) in [5, 5.41) is 10.1. The molecule has 15 heavy (non-hydrogen) atoms. The van der Waals surface area contributed by atoms with Gasteiger partial charge in [-0.05, 0) is 37.0 Å². The molecule has 3 atom stereocenters. The zero-order valence-electron chi connectivity index (χ0n) is 10.3. The van der Waals surface area contributed by atoms with Crippen LogP contribution >= 0.6 is 0 Å². The summed E-state index contributed by atoms with van der Waals surface area (Å²) in [6, 6.07) is 0. The molecule has 3 heteroatoms. The van der Waals surface area contributed by atoms with Crippen LogP contribution in [0.5, 0.6) is 0 Å². The average molecular weight is 216 g/mol. The molecule has 3 nitrogen and oxygen atoms in total. The van der Waals surface area contributed by atoms with Gasteiger partial charge in [0, 0.05) is 14.2 Å². The van der Waals surface area contributed by atoms with E-state index in [1.807, 2.05) is 0 Å². The number of hydrogen-bond acceptors (Lipinski definition) is 3. The molecule has 0 aromatic heterocycles. The van der Waals surface area contributed by atoms with Crippen molar-refractivity contribution >= 4 is 0 Å². The molecule has 1 aliphatic rings. The van der Waals surface area contributed by atoms with Gasteiger partial charge in [0.15, 0.2) is 6.29 Å². The molecule has 0 saturated heterocycles. The number of rotatable bonds is 4. The summed E-state index contributed by atoms with van der Waals surface area (Å²) in [7, 11) is 3.15. The summed E-state index contributed by atoms with van der Waals surface area (Å²) in [6.07, 6.45) is 2.45. The molecule has 1 fully saturated rings. The van der Waals surface area contributed by atoms with Crippen LogP contribution in [0.3, 0.4) is 0 Å². The van der Waals surface area contributed by atoms with E-state index in [-0.39, 0.29) is 0 Å². The van der Waals surface area contributed by atoms with Crippen molar-refractivity contribution in [1.82, 2.24) is 0 Å². The van der Waals surface area contributed by atoms with Crippen LogP contribution in [0.2, 0.25) is 0 Å². The second kappa shape index (κ2) is 5.83. The van der Waals surface area contributed by atoms with Crippen molar-refractivity contribution in [2.24, 2.45) is 17.8 Å². The highest BCUT2D eigenvalue weighted by Gasteiger charge is 2.33. The molecule has 0 radical (unpaired) electrons. The average Bonchev–Trinajstić information content (AvgIpc) is 2.18. The number of hydrogen-bond donors (Lipinski definition) is 1. The predicted molar refractivity (Wildman–Crippen MR) is 59.5 cm³/mol. The first-order chi connectivity index (χ1) is 7.08. The van der Waals surface area contributed by atoms with Crippen molar-refractivity contribution in [2.45, 2.75) is 45.5 Å². The number of aliphatic hydroxyl groups is 1. The van der Waals surface area contributed by atoms with E-state index in [9.17, 15) is 5.11 Å². The Hall–Kier alpha value is -0.120. The SMILES string of the molecule is COC(OC)C(O)C1CC(C)CC(C)C1. The minimum Gasteiger partial charge on any atom is -0.388 e. The highest BCUT2D eigenvalue weighted by molar-refractivity contribution is 4.81. The third-order valence-corrected chi connectivity index (χ3v) is 3.44. The molecule has 0 bridgehead atoms. The molecule has 3 unspecified atom stereocenters. The Morgan fingerprint density at radius 2 is 1.47 bits per heavy atom.